The zero-order valence-corrected chi connectivity index (χ0v) is 12.7. The fourth-order valence-electron chi connectivity index (χ4n) is 2.67. The van der Waals surface area contributed by atoms with Gasteiger partial charge >= 0.3 is 0 Å². The fourth-order valence-corrected chi connectivity index (χ4v) is 2.67. The molecule has 0 aliphatic heterocycles. The third kappa shape index (κ3) is 3.24. The van der Waals surface area contributed by atoms with E-state index < -0.39 is 0 Å². The van der Waals surface area contributed by atoms with Gasteiger partial charge in [0.05, 0.1) is 16.6 Å². The lowest BCUT2D eigenvalue weighted by molar-refractivity contribution is 0.189. The molecule has 4 nitrogen and oxygen atoms in total. The highest BCUT2D eigenvalue weighted by Crippen LogP contribution is 2.25. The molecule has 0 bridgehead atoms. The van der Waals surface area contributed by atoms with Crippen LogP contribution in [-0.2, 0) is 17.8 Å². The second-order valence-electron chi connectivity index (χ2n) is 5.78. The van der Waals surface area contributed by atoms with Crippen molar-refractivity contribution in [3.63, 3.8) is 0 Å². The second kappa shape index (κ2) is 6.12. The second-order valence-corrected chi connectivity index (χ2v) is 5.78. The first-order chi connectivity index (χ1) is 10.2. The van der Waals surface area contributed by atoms with Crippen molar-refractivity contribution in [3.8, 4) is 0 Å². The SMILES string of the molecule is COCCCn1nc(C)c2c(F)cc(CNC3CC3)cc21. The summed E-state index contributed by atoms with van der Waals surface area (Å²) in [5.41, 5.74) is 2.62. The normalized spacial score (nSPS) is 15.0. The summed E-state index contributed by atoms with van der Waals surface area (Å²) in [5, 5.41) is 8.54. The highest BCUT2D eigenvalue weighted by atomic mass is 19.1. The third-order valence-electron chi connectivity index (χ3n) is 3.93. The van der Waals surface area contributed by atoms with Crippen molar-refractivity contribution in [2.24, 2.45) is 0 Å². The predicted molar refractivity (Wildman–Crippen MR) is 80.8 cm³/mol. The van der Waals surface area contributed by atoms with Gasteiger partial charge in [0.25, 0.3) is 0 Å². The van der Waals surface area contributed by atoms with E-state index in [0.29, 0.717) is 18.0 Å². The van der Waals surface area contributed by atoms with E-state index in [2.05, 4.69) is 16.5 Å². The number of ether oxygens (including phenoxy) is 1. The van der Waals surface area contributed by atoms with E-state index in [-0.39, 0.29) is 5.82 Å². The quantitative estimate of drug-likeness (QED) is 0.797. The van der Waals surface area contributed by atoms with Crippen LogP contribution in [0.5, 0.6) is 0 Å². The number of hydrogen-bond acceptors (Lipinski definition) is 3. The highest BCUT2D eigenvalue weighted by Gasteiger charge is 2.20. The number of nitrogens with one attached hydrogen (secondary N) is 1. The summed E-state index contributed by atoms with van der Waals surface area (Å²) in [7, 11) is 1.69. The van der Waals surface area contributed by atoms with Gasteiger partial charge in [-0.05, 0) is 43.9 Å². The van der Waals surface area contributed by atoms with Gasteiger partial charge in [-0.1, -0.05) is 0 Å². The van der Waals surface area contributed by atoms with Crippen molar-refractivity contribution in [3.05, 3.63) is 29.2 Å². The third-order valence-corrected chi connectivity index (χ3v) is 3.93. The van der Waals surface area contributed by atoms with Gasteiger partial charge in [-0.15, -0.1) is 0 Å². The minimum Gasteiger partial charge on any atom is -0.385 e. The molecule has 21 heavy (non-hydrogen) atoms. The van der Waals surface area contributed by atoms with E-state index in [9.17, 15) is 4.39 Å². The van der Waals surface area contributed by atoms with Crippen LogP contribution in [0.2, 0.25) is 0 Å². The van der Waals surface area contributed by atoms with Crippen LogP contribution in [0.25, 0.3) is 10.9 Å². The molecule has 1 saturated carbocycles. The average Bonchev–Trinajstić information content (AvgIpc) is 3.22. The topological polar surface area (TPSA) is 39.1 Å². The first kappa shape index (κ1) is 14.5. The van der Waals surface area contributed by atoms with Crippen molar-refractivity contribution >= 4 is 10.9 Å². The molecule has 5 heteroatoms. The summed E-state index contributed by atoms with van der Waals surface area (Å²) in [5.74, 6) is -0.171. The zero-order chi connectivity index (χ0) is 14.8. The van der Waals surface area contributed by atoms with Crippen molar-refractivity contribution < 1.29 is 9.13 Å². The molecule has 0 unspecified atom stereocenters. The summed E-state index contributed by atoms with van der Waals surface area (Å²) >= 11 is 0. The van der Waals surface area contributed by atoms with E-state index in [1.807, 2.05) is 11.6 Å². The molecule has 0 radical (unpaired) electrons. The zero-order valence-electron chi connectivity index (χ0n) is 12.7. The van der Waals surface area contributed by atoms with Gasteiger partial charge in [-0.3, -0.25) is 4.68 Å². The highest BCUT2D eigenvalue weighted by molar-refractivity contribution is 5.83. The van der Waals surface area contributed by atoms with Crippen LogP contribution < -0.4 is 5.32 Å². The van der Waals surface area contributed by atoms with Crippen LogP contribution in [0.3, 0.4) is 0 Å². The van der Waals surface area contributed by atoms with Crippen LogP contribution in [0, 0.1) is 12.7 Å². The minimum absolute atomic E-state index is 0.171. The number of halogens is 1. The number of benzene rings is 1. The molecule has 1 aliphatic carbocycles. The van der Waals surface area contributed by atoms with Crippen LogP contribution >= 0.6 is 0 Å². The largest absolute Gasteiger partial charge is 0.385 e. The molecular weight excluding hydrogens is 269 g/mol. The fraction of sp³-hybridized carbons (Fsp3) is 0.562. The average molecular weight is 291 g/mol. The van der Waals surface area contributed by atoms with Crippen molar-refractivity contribution in [2.45, 2.75) is 45.3 Å². The summed E-state index contributed by atoms with van der Waals surface area (Å²) in [6.07, 6.45) is 3.34. The van der Waals surface area contributed by atoms with Gasteiger partial charge in [0.1, 0.15) is 5.82 Å². The van der Waals surface area contributed by atoms with E-state index in [1.54, 1.807) is 13.2 Å². The summed E-state index contributed by atoms with van der Waals surface area (Å²) in [6, 6.07) is 4.31. The smallest absolute Gasteiger partial charge is 0.134 e. The standard InChI is InChI=1S/C16H22FN3O/c1-11-16-14(17)8-12(10-18-13-4-5-13)9-15(16)20(19-11)6-3-7-21-2/h8-9,13,18H,3-7,10H2,1-2H3. The van der Waals surface area contributed by atoms with E-state index >= 15 is 0 Å². The van der Waals surface area contributed by atoms with Gasteiger partial charge in [0, 0.05) is 32.8 Å². The lowest BCUT2D eigenvalue weighted by Crippen LogP contribution is -2.15. The Morgan fingerprint density at radius 3 is 2.95 bits per heavy atom. The Morgan fingerprint density at radius 2 is 2.24 bits per heavy atom. The first-order valence-electron chi connectivity index (χ1n) is 7.57. The molecule has 1 fully saturated rings. The van der Waals surface area contributed by atoms with E-state index in [0.717, 1.165) is 36.3 Å². The number of fused-ring (bicyclic) bond motifs is 1. The van der Waals surface area contributed by atoms with Crippen molar-refractivity contribution in [1.82, 2.24) is 15.1 Å². The van der Waals surface area contributed by atoms with Crippen LogP contribution in [-0.4, -0.2) is 29.5 Å². The Morgan fingerprint density at radius 1 is 1.43 bits per heavy atom. The monoisotopic (exact) mass is 291 g/mol. The number of rotatable bonds is 7. The summed E-state index contributed by atoms with van der Waals surface area (Å²) in [4.78, 5) is 0. The summed E-state index contributed by atoms with van der Waals surface area (Å²) in [6.45, 7) is 4.02. The first-order valence-corrected chi connectivity index (χ1v) is 7.57. The van der Waals surface area contributed by atoms with Crippen molar-refractivity contribution in [2.75, 3.05) is 13.7 Å². The van der Waals surface area contributed by atoms with Gasteiger partial charge in [-0.2, -0.15) is 5.10 Å². The predicted octanol–water partition coefficient (Wildman–Crippen LogP) is 2.77. The van der Waals surface area contributed by atoms with Crippen LogP contribution in [0.15, 0.2) is 12.1 Å². The number of methoxy groups -OCH3 is 1. The van der Waals surface area contributed by atoms with Gasteiger partial charge < -0.3 is 10.1 Å². The number of nitrogens with zero attached hydrogens (tertiary/aromatic N) is 2. The van der Waals surface area contributed by atoms with E-state index in [1.165, 1.54) is 12.8 Å². The number of aryl methyl sites for hydroxylation is 2. The van der Waals surface area contributed by atoms with Gasteiger partial charge in [0.15, 0.2) is 0 Å². The maximum Gasteiger partial charge on any atom is 0.134 e. The molecule has 1 aromatic heterocycles. The maximum atomic E-state index is 14.3. The molecule has 0 saturated heterocycles. The Hall–Kier alpha value is -1.46. The Balaban J connectivity index is 1.87. The van der Waals surface area contributed by atoms with Crippen LogP contribution in [0.4, 0.5) is 4.39 Å². The van der Waals surface area contributed by atoms with E-state index in [4.69, 9.17) is 4.74 Å². The Labute approximate surface area is 124 Å². The van der Waals surface area contributed by atoms with Gasteiger partial charge in [-0.25, -0.2) is 4.39 Å². The lowest BCUT2D eigenvalue weighted by Gasteiger charge is -2.07. The Bertz CT molecular complexity index is 634. The molecule has 1 N–H and O–H groups in total. The molecule has 3 rings (SSSR count). The van der Waals surface area contributed by atoms with Crippen LogP contribution in [0.1, 0.15) is 30.5 Å². The molecule has 1 heterocycles. The number of aromatic nitrogens is 2. The maximum absolute atomic E-state index is 14.3. The minimum atomic E-state index is -0.171. The molecule has 114 valence electrons. The van der Waals surface area contributed by atoms with Crippen molar-refractivity contribution in [1.29, 1.82) is 0 Å². The molecule has 1 aromatic carbocycles. The van der Waals surface area contributed by atoms with Gasteiger partial charge in [0.2, 0.25) is 0 Å². The lowest BCUT2D eigenvalue weighted by atomic mass is 10.1. The molecule has 2 aromatic rings. The number of hydrogen-bond donors (Lipinski definition) is 1. The molecule has 0 atom stereocenters. The molecule has 0 spiro atoms. The molecular formula is C16H22FN3O. The Kier molecular flexibility index (Phi) is 4.22. The molecule has 1 aliphatic rings. The summed E-state index contributed by atoms with van der Waals surface area (Å²) < 4.78 is 21.3. The molecule has 0 amide bonds.